The number of ether oxygens (including phenoxy) is 1. The molecular weight excluding hydrogens is 254 g/mol. The van der Waals surface area contributed by atoms with Gasteiger partial charge < -0.3 is 15.4 Å². The smallest absolute Gasteiger partial charge is 0.236 e. The average molecular weight is 277 g/mol. The quantitative estimate of drug-likeness (QED) is 0.877. The third kappa shape index (κ3) is 2.94. The Morgan fingerprint density at radius 3 is 2.95 bits per heavy atom. The molecule has 1 aliphatic rings. The van der Waals surface area contributed by atoms with Crippen LogP contribution in [-0.2, 0) is 11.2 Å². The lowest BCUT2D eigenvalue weighted by molar-refractivity contribution is -0.129. The van der Waals surface area contributed by atoms with Gasteiger partial charge in [0, 0.05) is 20.1 Å². The van der Waals surface area contributed by atoms with Crippen molar-refractivity contribution in [2.45, 2.75) is 12.5 Å². The van der Waals surface area contributed by atoms with Crippen molar-refractivity contribution in [2.75, 3.05) is 40.8 Å². The van der Waals surface area contributed by atoms with Gasteiger partial charge in [-0.3, -0.25) is 9.69 Å². The molecule has 1 atom stereocenters. The number of rotatable bonds is 4. The predicted molar refractivity (Wildman–Crippen MR) is 78.8 cm³/mol. The van der Waals surface area contributed by atoms with Crippen LogP contribution in [0.1, 0.15) is 17.2 Å². The Bertz CT molecular complexity index is 490. The summed E-state index contributed by atoms with van der Waals surface area (Å²) in [5.41, 5.74) is 8.00. The van der Waals surface area contributed by atoms with Crippen molar-refractivity contribution in [1.82, 2.24) is 9.80 Å². The van der Waals surface area contributed by atoms with E-state index >= 15 is 0 Å². The van der Waals surface area contributed by atoms with E-state index in [4.69, 9.17) is 10.5 Å². The van der Waals surface area contributed by atoms with Crippen LogP contribution in [0.2, 0.25) is 0 Å². The fourth-order valence-corrected chi connectivity index (χ4v) is 2.70. The first-order chi connectivity index (χ1) is 9.56. The Morgan fingerprint density at radius 2 is 2.30 bits per heavy atom. The number of hydrogen-bond donors (Lipinski definition) is 1. The molecule has 2 N–H and O–H groups in total. The molecule has 5 nitrogen and oxygen atoms in total. The Kier molecular flexibility index (Phi) is 4.62. The maximum Gasteiger partial charge on any atom is 0.236 e. The third-order valence-corrected chi connectivity index (χ3v) is 4.02. The largest absolute Gasteiger partial charge is 0.497 e. The topological polar surface area (TPSA) is 58.8 Å². The zero-order valence-electron chi connectivity index (χ0n) is 12.4. The highest BCUT2D eigenvalue weighted by molar-refractivity contribution is 5.77. The highest BCUT2D eigenvalue weighted by Crippen LogP contribution is 2.31. The Morgan fingerprint density at radius 1 is 1.55 bits per heavy atom. The standard InChI is InChI=1S/C15H23N3O2/c1-17-7-6-11-8-12(20-3)4-5-13(11)14(17)10-18(2)15(19)9-16/h4-5,8,14H,6-7,9-10,16H2,1-3H3. The van der Waals surface area contributed by atoms with Gasteiger partial charge >= 0.3 is 0 Å². The van der Waals surface area contributed by atoms with Crippen LogP contribution in [0.15, 0.2) is 18.2 Å². The minimum atomic E-state index is -0.0287. The predicted octanol–water partition coefficient (Wildman–Crippen LogP) is 0.641. The number of carbonyl (C=O) groups is 1. The van der Waals surface area contributed by atoms with Crippen molar-refractivity contribution < 1.29 is 9.53 Å². The number of nitrogens with zero attached hydrogens (tertiary/aromatic N) is 2. The Hall–Kier alpha value is -1.59. The molecule has 1 unspecified atom stereocenters. The van der Waals surface area contributed by atoms with Crippen molar-refractivity contribution in [3.63, 3.8) is 0 Å². The number of fused-ring (bicyclic) bond motifs is 1. The normalized spacial score (nSPS) is 18.5. The van der Waals surface area contributed by atoms with E-state index in [0.717, 1.165) is 18.7 Å². The van der Waals surface area contributed by atoms with Gasteiger partial charge in [0.25, 0.3) is 0 Å². The van der Waals surface area contributed by atoms with Crippen molar-refractivity contribution in [1.29, 1.82) is 0 Å². The minimum absolute atomic E-state index is 0.0287. The molecule has 0 aromatic heterocycles. The highest BCUT2D eigenvalue weighted by atomic mass is 16.5. The van der Waals surface area contributed by atoms with Gasteiger partial charge in [0.2, 0.25) is 5.91 Å². The number of nitrogens with two attached hydrogens (primary N) is 1. The van der Waals surface area contributed by atoms with Gasteiger partial charge in [-0.2, -0.15) is 0 Å². The number of amides is 1. The van der Waals surface area contributed by atoms with Gasteiger partial charge in [0.1, 0.15) is 5.75 Å². The number of likely N-dealkylation sites (N-methyl/N-ethyl adjacent to an activating group) is 2. The molecule has 0 spiro atoms. The molecule has 5 heteroatoms. The molecule has 2 rings (SSSR count). The Balaban J connectivity index is 2.23. The van der Waals surface area contributed by atoms with Crippen LogP contribution < -0.4 is 10.5 Å². The summed E-state index contributed by atoms with van der Waals surface area (Å²) in [6.07, 6.45) is 1.01. The second-order valence-corrected chi connectivity index (χ2v) is 5.29. The van der Waals surface area contributed by atoms with Gasteiger partial charge in [-0.25, -0.2) is 0 Å². The summed E-state index contributed by atoms with van der Waals surface area (Å²) >= 11 is 0. The fraction of sp³-hybridized carbons (Fsp3) is 0.533. The van der Waals surface area contributed by atoms with Crippen LogP contribution in [-0.4, -0.2) is 56.5 Å². The summed E-state index contributed by atoms with van der Waals surface area (Å²) in [5, 5.41) is 0. The van der Waals surface area contributed by atoms with E-state index in [1.165, 1.54) is 11.1 Å². The van der Waals surface area contributed by atoms with Crippen molar-refractivity contribution in [3.05, 3.63) is 29.3 Å². The summed E-state index contributed by atoms with van der Waals surface area (Å²) in [5.74, 6) is 0.859. The van der Waals surface area contributed by atoms with E-state index in [9.17, 15) is 4.79 Å². The molecular formula is C15H23N3O2. The van der Waals surface area contributed by atoms with E-state index in [-0.39, 0.29) is 18.5 Å². The summed E-state index contributed by atoms with van der Waals surface area (Å²) in [7, 11) is 5.58. The van der Waals surface area contributed by atoms with Crippen LogP contribution in [0.5, 0.6) is 5.75 Å². The fourth-order valence-electron chi connectivity index (χ4n) is 2.70. The molecule has 1 aliphatic heterocycles. The number of carbonyl (C=O) groups excluding carboxylic acids is 1. The molecule has 0 fully saturated rings. The molecule has 110 valence electrons. The van der Waals surface area contributed by atoms with Crippen LogP contribution in [0.3, 0.4) is 0 Å². The Labute approximate surface area is 120 Å². The zero-order chi connectivity index (χ0) is 14.7. The van der Waals surface area contributed by atoms with Gasteiger partial charge in [-0.15, -0.1) is 0 Å². The molecule has 0 saturated heterocycles. The van der Waals surface area contributed by atoms with Gasteiger partial charge in [-0.05, 0) is 36.7 Å². The molecule has 1 aromatic carbocycles. The van der Waals surface area contributed by atoms with Crippen molar-refractivity contribution in [2.24, 2.45) is 5.73 Å². The summed E-state index contributed by atoms with van der Waals surface area (Å²) in [6, 6.07) is 6.40. The second kappa shape index (κ2) is 6.24. The molecule has 0 aliphatic carbocycles. The van der Waals surface area contributed by atoms with Crippen LogP contribution in [0.25, 0.3) is 0 Å². The van der Waals surface area contributed by atoms with Crippen LogP contribution >= 0.6 is 0 Å². The first kappa shape index (κ1) is 14.8. The van der Waals surface area contributed by atoms with E-state index < -0.39 is 0 Å². The van der Waals surface area contributed by atoms with E-state index in [1.807, 2.05) is 6.07 Å². The first-order valence-corrected chi connectivity index (χ1v) is 6.88. The van der Waals surface area contributed by atoms with Crippen molar-refractivity contribution in [3.8, 4) is 5.75 Å². The number of methoxy groups -OCH3 is 1. The molecule has 0 bridgehead atoms. The maximum atomic E-state index is 11.7. The van der Waals surface area contributed by atoms with Crippen molar-refractivity contribution >= 4 is 5.91 Å². The molecule has 0 saturated carbocycles. The van der Waals surface area contributed by atoms with E-state index in [0.29, 0.717) is 6.54 Å². The lowest BCUT2D eigenvalue weighted by Crippen LogP contribution is -2.42. The summed E-state index contributed by atoms with van der Waals surface area (Å²) < 4.78 is 5.28. The van der Waals surface area contributed by atoms with Crippen LogP contribution in [0.4, 0.5) is 0 Å². The maximum absolute atomic E-state index is 11.7. The first-order valence-electron chi connectivity index (χ1n) is 6.88. The zero-order valence-corrected chi connectivity index (χ0v) is 12.4. The molecule has 1 aromatic rings. The van der Waals surface area contributed by atoms with Gasteiger partial charge in [-0.1, -0.05) is 6.07 Å². The summed E-state index contributed by atoms with van der Waals surface area (Å²) in [4.78, 5) is 15.7. The number of benzene rings is 1. The van der Waals surface area contributed by atoms with Crippen LogP contribution in [0, 0.1) is 0 Å². The van der Waals surface area contributed by atoms with E-state index in [1.54, 1.807) is 19.1 Å². The lowest BCUT2D eigenvalue weighted by atomic mass is 9.92. The third-order valence-electron chi connectivity index (χ3n) is 4.02. The molecule has 0 radical (unpaired) electrons. The second-order valence-electron chi connectivity index (χ2n) is 5.29. The molecule has 20 heavy (non-hydrogen) atoms. The van der Waals surface area contributed by atoms with E-state index in [2.05, 4.69) is 24.1 Å². The monoisotopic (exact) mass is 277 g/mol. The molecule has 1 amide bonds. The minimum Gasteiger partial charge on any atom is -0.497 e. The average Bonchev–Trinajstić information content (AvgIpc) is 2.48. The summed E-state index contributed by atoms with van der Waals surface area (Å²) in [6.45, 7) is 1.70. The SMILES string of the molecule is COc1ccc2c(c1)CCN(C)C2CN(C)C(=O)CN. The lowest BCUT2D eigenvalue weighted by Gasteiger charge is -2.37. The highest BCUT2D eigenvalue weighted by Gasteiger charge is 2.27. The molecule has 1 heterocycles. The number of hydrogen-bond acceptors (Lipinski definition) is 4. The van der Waals surface area contributed by atoms with Gasteiger partial charge in [0.15, 0.2) is 0 Å². The van der Waals surface area contributed by atoms with Gasteiger partial charge in [0.05, 0.1) is 19.7 Å².